The van der Waals surface area contributed by atoms with Gasteiger partial charge in [-0.25, -0.2) is 0 Å². The summed E-state index contributed by atoms with van der Waals surface area (Å²) in [7, 11) is 0. The highest BCUT2D eigenvalue weighted by Gasteiger charge is 2.10. The van der Waals surface area contributed by atoms with E-state index in [-0.39, 0.29) is 4.87 Å². The predicted molar refractivity (Wildman–Crippen MR) is 39.9 cm³/mol. The average Bonchev–Trinajstić information content (AvgIpc) is 1.59. The first-order valence-corrected chi connectivity index (χ1v) is 3.72. The normalized spacial score (nSPS) is 12.0. The maximum Gasteiger partial charge on any atom is 0.0391 e. The van der Waals surface area contributed by atoms with Crippen LogP contribution in [0.3, 0.4) is 0 Å². The van der Waals surface area contributed by atoms with Gasteiger partial charge in [-0.05, 0) is 26.7 Å². The molecule has 0 aliphatic rings. The molecule has 0 spiro atoms. The maximum atomic E-state index is 5.85. The zero-order valence-corrected chi connectivity index (χ0v) is 6.89. The number of halogens is 2. The van der Waals surface area contributed by atoms with Gasteiger partial charge in [-0.3, -0.25) is 0 Å². The summed E-state index contributed by atoms with van der Waals surface area (Å²) < 4.78 is 0. The van der Waals surface area contributed by atoms with E-state index in [1.807, 2.05) is 13.8 Å². The standard InChI is InChI=1S/C6H12Cl2/c1-6(2,8)4-3-5-7/h3-5H2,1-2H3. The minimum Gasteiger partial charge on any atom is -0.127 e. The van der Waals surface area contributed by atoms with Crippen LogP contribution in [0.2, 0.25) is 0 Å². The summed E-state index contributed by atoms with van der Waals surface area (Å²) in [4.78, 5) is -0.0606. The Bertz CT molecular complexity index is 54.0. The van der Waals surface area contributed by atoms with Gasteiger partial charge in [0.05, 0.1) is 0 Å². The van der Waals surface area contributed by atoms with Gasteiger partial charge in [0.2, 0.25) is 0 Å². The van der Waals surface area contributed by atoms with Gasteiger partial charge >= 0.3 is 0 Å². The molecule has 0 N–H and O–H groups in total. The second-order valence-corrected chi connectivity index (χ2v) is 3.91. The molecule has 0 saturated carbocycles. The van der Waals surface area contributed by atoms with Crippen molar-refractivity contribution in [2.24, 2.45) is 0 Å². The van der Waals surface area contributed by atoms with E-state index < -0.39 is 0 Å². The molecule has 50 valence electrons. The molecule has 0 heterocycles. The molecule has 0 amide bonds. The topological polar surface area (TPSA) is 0 Å². The van der Waals surface area contributed by atoms with Crippen LogP contribution in [0.25, 0.3) is 0 Å². The van der Waals surface area contributed by atoms with Crippen LogP contribution in [0, 0.1) is 0 Å². The number of hydrogen-bond donors (Lipinski definition) is 0. The van der Waals surface area contributed by atoms with E-state index >= 15 is 0 Å². The van der Waals surface area contributed by atoms with Crippen molar-refractivity contribution < 1.29 is 0 Å². The molecular formula is C6H12Cl2. The van der Waals surface area contributed by atoms with E-state index in [0.717, 1.165) is 18.7 Å². The lowest BCUT2D eigenvalue weighted by Gasteiger charge is -2.12. The fourth-order valence-electron chi connectivity index (χ4n) is 0.487. The van der Waals surface area contributed by atoms with Crippen LogP contribution in [0.5, 0.6) is 0 Å². The number of rotatable bonds is 3. The lowest BCUT2D eigenvalue weighted by molar-refractivity contribution is 0.618. The van der Waals surface area contributed by atoms with Gasteiger partial charge in [0, 0.05) is 10.8 Å². The highest BCUT2D eigenvalue weighted by Crippen LogP contribution is 2.19. The molecule has 8 heavy (non-hydrogen) atoms. The van der Waals surface area contributed by atoms with Gasteiger partial charge < -0.3 is 0 Å². The fraction of sp³-hybridized carbons (Fsp3) is 1.00. The Morgan fingerprint density at radius 2 is 1.88 bits per heavy atom. The molecule has 0 aliphatic carbocycles. The average molecular weight is 155 g/mol. The van der Waals surface area contributed by atoms with Crippen molar-refractivity contribution >= 4 is 23.2 Å². The lowest BCUT2D eigenvalue weighted by atomic mass is 10.1. The molecular weight excluding hydrogens is 143 g/mol. The van der Waals surface area contributed by atoms with Crippen LogP contribution in [-0.2, 0) is 0 Å². The molecule has 0 radical (unpaired) electrons. The summed E-state index contributed by atoms with van der Waals surface area (Å²) in [6, 6.07) is 0. The molecule has 0 atom stereocenters. The van der Waals surface area contributed by atoms with Crippen molar-refractivity contribution in [3.05, 3.63) is 0 Å². The first-order chi connectivity index (χ1) is 3.56. The van der Waals surface area contributed by atoms with E-state index in [1.54, 1.807) is 0 Å². The van der Waals surface area contributed by atoms with Crippen LogP contribution < -0.4 is 0 Å². The Morgan fingerprint density at radius 1 is 1.38 bits per heavy atom. The van der Waals surface area contributed by atoms with Gasteiger partial charge in [-0.2, -0.15) is 0 Å². The second kappa shape index (κ2) is 3.58. The van der Waals surface area contributed by atoms with Gasteiger partial charge in [-0.15, -0.1) is 23.2 Å². The van der Waals surface area contributed by atoms with Crippen molar-refractivity contribution in [3.8, 4) is 0 Å². The fourth-order valence-corrected chi connectivity index (χ4v) is 0.754. The SMILES string of the molecule is CC(C)(Cl)CCCCl. The molecule has 0 aromatic rings. The molecule has 0 aromatic carbocycles. The van der Waals surface area contributed by atoms with Crippen LogP contribution in [0.1, 0.15) is 26.7 Å². The van der Waals surface area contributed by atoms with Crippen molar-refractivity contribution in [2.75, 3.05) is 5.88 Å². The summed E-state index contributed by atoms with van der Waals surface area (Å²) in [6.07, 6.45) is 2.01. The van der Waals surface area contributed by atoms with Gasteiger partial charge in [0.25, 0.3) is 0 Å². The summed E-state index contributed by atoms with van der Waals surface area (Å²) in [5.41, 5.74) is 0. The molecule has 0 unspecified atom stereocenters. The Balaban J connectivity index is 3.11. The Hall–Kier alpha value is 0.580. The van der Waals surface area contributed by atoms with E-state index in [9.17, 15) is 0 Å². The summed E-state index contributed by atoms with van der Waals surface area (Å²) in [5.74, 6) is 0.718. The Kier molecular flexibility index (Phi) is 3.84. The smallest absolute Gasteiger partial charge is 0.0391 e. The summed E-state index contributed by atoms with van der Waals surface area (Å²) in [5, 5.41) is 0. The van der Waals surface area contributed by atoms with E-state index in [0.29, 0.717) is 0 Å². The second-order valence-electron chi connectivity index (χ2n) is 2.51. The Labute approximate surface area is 61.2 Å². The predicted octanol–water partition coefficient (Wildman–Crippen LogP) is 3.02. The minimum absolute atomic E-state index is 0.0606. The number of hydrogen-bond acceptors (Lipinski definition) is 0. The van der Waals surface area contributed by atoms with Crippen molar-refractivity contribution in [3.63, 3.8) is 0 Å². The largest absolute Gasteiger partial charge is 0.127 e. The van der Waals surface area contributed by atoms with Crippen molar-refractivity contribution in [1.29, 1.82) is 0 Å². The summed E-state index contributed by atoms with van der Waals surface area (Å²) >= 11 is 11.3. The molecule has 0 aliphatic heterocycles. The zero-order valence-electron chi connectivity index (χ0n) is 5.38. The van der Waals surface area contributed by atoms with Gasteiger partial charge in [-0.1, -0.05) is 0 Å². The maximum absolute atomic E-state index is 5.85. The van der Waals surface area contributed by atoms with Crippen molar-refractivity contribution in [2.45, 2.75) is 31.6 Å². The van der Waals surface area contributed by atoms with E-state index in [4.69, 9.17) is 23.2 Å². The van der Waals surface area contributed by atoms with Crippen LogP contribution in [0.15, 0.2) is 0 Å². The van der Waals surface area contributed by atoms with E-state index in [2.05, 4.69) is 0 Å². The molecule has 0 rings (SSSR count). The lowest BCUT2D eigenvalue weighted by Crippen LogP contribution is -2.09. The molecule has 0 saturated heterocycles. The summed E-state index contributed by atoms with van der Waals surface area (Å²) in [6.45, 7) is 4.00. The first-order valence-electron chi connectivity index (χ1n) is 2.81. The molecule has 2 heteroatoms. The molecule has 0 bridgehead atoms. The zero-order chi connectivity index (χ0) is 6.62. The van der Waals surface area contributed by atoms with Crippen LogP contribution in [0.4, 0.5) is 0 Å². The Morgan fingerprint density at radius 3 is 2.00 bits per heavy atom. The highest BCUT2D eigenvalue weighted by molar-refractivity contribution is 6.23. The monoisotopic (exact) mass is 154 g/mol. The van der Waals surface area contributed by atoms with Crippen LogP contribution in [-0.4, -0.2) is 10.8 Å². The minimum atomic E-state index is -0.0606. The van der Waals surface area contributed by atoms with Crippen molar-refractivity contribution in [1.82, 2.24) is 0 Å². The number of alkyl halides is 2. The van der Waals surface area contributed by atoms with Crippen LogP contribution >= 0.6 is 23.2 Å². The third kappa shape index (κ3) is 6.58. The molecule has 0 fully saturated rings. The first kappa shape index (κ1) is 8.58. The van der Waals surface area contributed by atoms with Gasteiger partial charge in [0.1, 0.15) is 0 Å². The molecule has 0 aromatic heterocycles. The quantitative estimate of drug-likeness (QED) is 0.549. The molecule has 0 nitrogen and oxygen atoms in total. The highest BCUT2D eigenvalue weighted by atomic mass is 35.5. The van der Waals surface area contributed by atoms with Gasteiger partial charge in [0.15, 0.2) is 0 Å². The third-order valence-corrected chi connectivity index (χ3v) is 1.36. The third-order valence-electron chi connectivity index (χ3n) is 0.905. The van der Waals surface area contributed by atoms with E-state index in [1.165, 1.54) is 0 Å².